The number of rotatable bonds is 5. The first-order chi connectivity index (χ1) is 8.73. The smallest absolute Gasteiger partial charge is 0.388 e. The number of aromatic nitrogens is 1. The topological polar surface area (TPSA) is 66.0 Å². The summed E-state index contributed by atoms with van der Waals surface area (Å²) in [6, 6.07) is 2.09. The van der Waals surface area contributed by atoms with Crippen LogP contribution >= 0.6 is 0 Å². The number of hydrogen-bond donors (Lipinski definition) is 2. The number of hydrogen-bond acceptors (Lipinski definition) is 3. The normalized spacial score (nSPS) is 11.7. The highest BCUT2D eigenvalue weighted by Crippen LogP contribution is 2.35. The molecule has 0 saturated heterocycles. The van der Waals surface area contributed by atoms with Gasteiger partial charge in [-0.15, -0.1) is 0 Å². The standard InChI is InChI=1S/C12H17F3N4/c1-8(2)19(7-5-10(16)17)11-9(12(13,14)15)4-3-6-18-11/h3-4,6,8H,5,7H2,1-2H3,(H3,16,17). The van der Waals surface area contributed by atoms with E-state index in [9.17, 15) is 13.2 Å². The summed E-state index contributed by atoms with van der Waals surface area (Å²) in [6.45, 7) is 3.77. The third-order valence-electron chi connectivity index (χ3n) is 2.61. The fraction of sp³-hybridized carbons (Fsp3) is 0.500. The number of pyridine rings is 1. The number of nitrogens with zero attached hydrogens (tertiary/aromatic N) is 2. The van der Waals surface area contributed by atoms with Crippen LogP contribution in [0.15, 0.2) is 18.3 Å². The van der Waals surface area contributed by atoms with E-state index in [1.54, 1.807) is 13.8 Å². The van der Waals surface area contributed by atoms with Crippen LogP contribution < -0.4 is 10.6 Å². The molecule has 106 valence electrons. The highest BCUT2D eigenvalue weighted by atomic mass is 19.4. The van der Waals surface area contributed by atoms with Crippen molar-refractivity contribution in [2.75, 3.05) is 11.4 Å². The van der Waals surface area contributed by atoms with Gasteiger partial charge < -0.3 is 10.6 Å². The maximum Gasteiger partial charge on any atom is 0.419 e. The summed E-state index contributed by atoms with van der Waals surface area (Å²) in [4.78, 5) is 5.34. The molecule has 0 saturated carbocycles. The molecule has 0 radical (unpaired) electrons. The summed E-state index contributed by atoms with van der Waals surface area (Å²) >= 11 is 0. The predicted molar refractivity (Wildman–Crippen MR) is 68.3 cm³/mol. The molecule has 3 N–H and O–H groups in total. The monoisotopic (exact) mass is 274 g/mol. The molecular weight excluding hydrogens is 257 g/mol. The summed E-state index contributed by atoms with van der Waals surface area (Å²) < 4.78 is 38.8. The van der Waals surface area contributed by atoms with Gasteiger partial charge in [0.15, 0.2) is 0 Å². The van der Waals surface area contributed by atoms with E-state index in [-0.39, 0.29) is 30.7 Å². The van der Waals surface area contributed by atoms with E-state index in [0.717, 1.165) is 6.07 Å². The van der Waals surface area contributed by atoms with Crippen molar-refractivity contribution in [1.82, 2.24) is 4.98 Å². The van der Waals surface area contributed by atoms with Crippen LogP contribution in [-0.4, -0.2) is 23.4 Å². The first kappa shape index (κ1) is 15.3. The SMILES string of the molecule is CC(C)N(CCC(=N)N)c1ncccc1C(F)(F)F. The summed E-state index contributed by atoms with van der Waals surface area (Å²) in [5, 5.41) is 7.18. The Morgan fingerprint density at radius 2 is 2.11 bits per heavy atom. The lowest BCUT2D eigenvalue weighted by Gasteiger charge is -2.29. The average Bonchev–Trinajstić information content (AvgIpc) is 2.27. The van der Waals surface area contributed by atoms with Crippen LogP contribution in [0.2, 0.25) is 0 Å². The zero-order chi connectivity index (χ0) is 14.6. The van der Waals surface area contributed by atoms with Gasteiger partial charge in [-0.05, 0) is 26.0 Å². The fourth-order valence-electron chi connectivity index (χ4n) is 1.70. The largest absolute Gasteiger partial charge is 0.419 e. The molecular formula is C12H17F3N4. The van der Waals surface area contributed by atoms with Crippen molar-refractivity contribution in [3.8, 4) is 0 Å². The number of amidine groups is 1. The third-order valence-corrected chi connectivity index (χ3v) is 2.61. The van der Waals surface area contributed by atoms with E-state index in [1.807, 2.05) is 0 Å². The first-order valence-corrected chi connectivity index (χ1v) is 5.85. The molecule has 0 amide bonds. The maximum atomic E-state index is 12.9. The maximum absolute atomic E-state index is 12.9. The Hall–Kier alpha value is -1.79. The zero-order valence-electron chi connectivity index (χ0n) is 10.8. The van der Waals surface area contributed by atoms with Crippen molar-refractivity contribution in [2.24, 2.45) is 5.73 Å². The quantitative estimate of drug-likeness (QED) is 0.640. The Balaban J connectivity index is 3.12. The highest BCUT2D eigenvalue weighted by Gasteiger charge is 2.36. The Bertz CT molecular complexity index is 443. The van der Waals surface area contributed by atoms with Gasteiger partial charge in [0, 0.05) is 25.2 Å². The van der Waals surface area contributed by atoms with Crippen LogP contribution in [0.25, 0.3) is 0 Å². The minimum atomic E-state index is -4.45. The van der Waals surface area contributed by atoms with Crippen molar-refractivity contribution in [1.29, 1.82) is 5.41 Å². The molecule has 0 spiro atoms. The number of nitrogens with one attached hydrogen (secondary N) is 1. The van der Waals surface area contributed by atoms with Crippen LogP contribution in [-0.2, 0) is 6.18 Å². The lowest BCUT2D eigenvalue weighted by atomic mass is 10.2. The van der Waals surface area contributed by atoms with Crippen molar-refractivity contribution in [3.63, 3.8) is 0 Å². The summed E-state index contributed by atoms with van der Waals surface area (Å²) in [6.07, 6.45) is -2.92. The van der Waals surface area contributed by atoms with Gasteiger partial charge in [0.1, 0.15) is 5.82 Å². The Labute approximate surface area is 109 Å². The van der Waals surface area contributed by atoms with Gasteiger partial charge >= 0.3 is 6.18 Å². The summed E-state index contributed by atoms with van der Waals surface area (Å²) in [5.74, 6) is -0.179. The van der Waals surface area contributed by atoms with Crippen molar-refractivity contribution >= 4 is 11.7 Å². The van der Waals surface area contributed by atoms with Gasteiger partial charge in [-0.2, -0.15) is 13.2 Å². The van der Waals surface area contributed by atoms with Crippen LogP contribution in [0.3, 0.4) is 0 Å². The van der Waals surface area contributed by atoms with Gasteiger partial charge in [0.2, 0.25) is 0 Å². The Kier molecular flexibility index (Phi) is 4.74. The molecule has 0 unspecified atom stereocenters. The predicted octanol–water partition coefficient (Wildman–Crippen LogP) is 2.64. The van der Waals surface area contributed by atoms with Crippen LogP contribution in [0.5, 0.6) is 0 Å². The van der Waals surface area contributed by atoms with Crippen LogP contribution in [0, 0.1) is 5.41 Å². The first-order valence-electron chi connectivity index (χ1n) is 5.85. The second-order valence-corrected chi connectivity index (χ2v) is 4.43. The molecule has 1 heterocycles. The second kappa shape index (κ2) is 5.90. The van der Waals surface area contributed by atoms with Gasteiger partial charge in [-0.1, -0.05) is 0 Å². The van der Waals surface area contributed by atoms with E-state index in [1.165, 1.54) is 17.2 Å². The molecule has 0 aromatic carbocycles. The molecule has 1 rings (SSSR count). The third kappa shape index (κ3) is 4.11. The molecule has 7 heteroatoms. The van der Waals surface area contributed by atoms with E-state index in [2.05, 4.69) is 4.98 Å². The highest BCUT2D eigenvalue weighted by molar-refractivity contribution is 5.77. The van der Waals surface area contributed by atoms with E-state index < -0.39 is 11.7 Å². The van der Waals surface area contributed by atoms with Gasteiger partial charge in [0.05, 0.1) is 11.4 Å². The molecule has 0 aliphatic carbocycles. The minimum Gasteiger partial charge on any atom is -0.388 e. The molecule has 19 heavy (non-hydrogen) atoms. The van der Waals surface area contributed by atoms with Crippen LogP contribution in [0.1, 0.15) is 25.8 Å². The summed E-state index contributed by atoms with van der Waals surface area (Å²) in [7, 11) is 0. The molecule has 0 fully saturated rings. The molecule has 4 nitrogen and oxygen atoms in total. The Morgan fingerprint density at radius 1 is 1.47 bits per heavy atom. The summed E-state index contributed by atoms with van der Waals surface area (Å²) in [5.41, 5.74) is 4.49. The van der Waals surface area contributed by atoms with E-state index >= 15 is 0 Å². The number of halogens is 3. The fourth-order valence-corrected chi connectivity index (χ4v) is 1.70. The average molecular weight is 274 g/mol. The number of alkyl halides is 3. The zero-order valence-corrected chi connectivity index (χ0v) is 10.8. The molecule has 0 atom stereocenters. The van der Waals surface area contributed by atoms with Crippen LogP contribution in [0.4, 0.5) is 19.0 Å². The van der Waals surface area contributed by atoms with Crippen molar-refractivity contribution in [3.05, 3.63) is 23.9 Å². The van der Waals surface area contributed by atoms with Gasteiger partial charge in [-0.25, -0.2) is 4.98 Å². The lowest BCUT2D eigenvalue weighted by Crippen LogP contribution is -2.36. The molecule has 0 aliphatic rings. The number of nitrogens with two attached hydrogens (primary N) is 1. The molecule has 0 aliphatic heterocycles. The Morgan fingerprint density at radius 3 is 2.58 bits per heavy atom. The van der Waals surface area contributed by atoms with E-state index in [0.29, 0.717) is 0 Å². The van der Waals surface area contributed by atoms with Gasteiger partial charge in [-0.3, -0.25) is 5.41 Å². The lowest BCUT2D eigenvalue weighted by molar-refractivity contribution is -0.137. The van der Waals surface area contributed by atoms with Crippen molar-refractivity contribution < 1.29 is 13.2 Å². The molecule has 1 aromatic rings. The molecule has 0 bridgehead atoms. The minimum absolute atomic E-state index is 0.0601. The number of anilines is 1. The second-order valence-electron chi connectivity index (χ2n) is 4.43. The van der Waals surface area contributed by atoms with Gasteiger partial charge in [0.25, 0.3) is 0 Å². The van der Waals surface area contributed by atoms with Crippen molar-refractivity contribution in [2.45, 2.75) is 32.5 Å². The molecule has 1 aromatic heterocycles. The van der Waals surface area contributed by atoms with E-state index in [4.69, 9.17) is 11.1 Å².